The number of rotatable bonds is 7. The zero-order valence-corrected chi connectivity index (χ0v) is 16.2. The lowest BCUT2D eigenvalue weighted by atomic mass is 10.0. The quantitative estimate of drug-likeness (QED) is 0.346. The first-order valence-electron chi connectivity index (χ1n) is 8.70. The van der Waals surface area contributed by atoms with E-state index in [4.69, 9.17) is 4.84 Å². The number of carbonyl (C=O) groups excluding carboxylic acids is 1. The fourth-order valence-corrected chi connectivity index (χ4v) is 2.57. The van der Waals surface area contributed by atoms with Crippen LogP contribution in [-0.2, 0) is 16.2 Å². The molecule has 0 bridgehead atoms. The van der Waals surface area contributed by atoms with Gasteiger partial charge in [-0.05, 0) is 29.2 Å². The lowest BCUT2D eigenvalue weighted by Crippen LogP contribution is -2.14. The van der Waals surface area contributed by atoms with E-state index in [-0.39, 0.29) is 18.4 Å². The first kappa shape index (κ1) is 20.6. The van der Waals surface area contributed by atoms with E-state index in [2.05, 4.69) is 35.2 Å². The molecule has 0 saturated carbocycles. The molecule has 0 atom stereocenters. The van der Waals surface area contributed by atoms with E-state index in [0.717, 1.165) is 22.8 Å². The molecule has 1 aromatic heterocycles. The summed E-state index contributed by atoms with van der Waals surface area (Å²) in [4.78, 5) is 21.0. The maximum atomic E-state index is 11.9. The zero-order valence-electron chi connectivity index (χ0n) is 15.4. The third kappa shape index (κ3) is 5.89. The van der Waals surface area contributed by atoms with Crippen molar-refractivity contribution >= 4 is 34.9 Å². The van der Waals surface area contributed by atoms with Crippen LogP contribution in [0.15, 0.2) is 60.3 Å². The molecule has 0 aliphatic heterocycles. The predicted octanol–water partition coefficient (Wildman–Crippen LogP) is 4.24. The maximum Gasteiger partial charge on any atom is 0.335 e. The Kier molecular flexibility index (Phi) is 7.49. The first-order chi connectivity index (χ1) is 12.6. The highest BCUT2D eigenvalue weighted by atomic mass is 35.5. The summed E-state index contributed by atoms with van der Waals surface area (Å²) in [5, 5.41) is 10.5. The SMILES string of the molecule is CC(C)CCC(=O)O/N=C(\Cn1cncn1)c1ccc2ccccc2c1.Cl. The van der Waals surface area contributed by atoms with Crippen LogP contribution in [0.1, 0.15) is 32.3 Å². The monoisotopic (exact) mass is 386 g/mol. The van der Waals surface area contributed by atoms with Crippen LogP contribution in [-0.4, -0.2) is 26.4 Å². The number of benzene rings is 2. The van der Waals surface area contributed by atoms with E-state index in [1.165, 1.54) is 6.33 Å². The van der Waals surface area contributed by atoms with Crippen molar-refractivity contribution in [2.45, 2.75) is 33.2 Å². The van der Waals surface area contributed by atoms with Crippen LogP contribution in [0.4, 0.5) is 0 Å². The fraction of sp³-hybridized carbons (Fsp3) is 0.300. The Balaban J connectivity index is 0.00000261. The van der Waals surface area contributed by atoms with Crippen LogP contribution in [0.25, 0.3) is 10.8 Å². The molecule has 0 N–H and O–H groups in total. The van der Waals surface area contributed by atoms with Gasteiger partial charge in [0.05, 0.1) is 6.54 Å². The van der Waals surface area contributed by atoms with Gasteiger partial charge in [0, 0.05) is 12.0 Å². The summed E-state index contributed by atoms with van der Waals surface area (Å²) in [5.41, 5.74) is 1.51. The van der Waals surface area contributed by atoms with Gasteiger partial charge in [-0.25, -0.2) is 14.5 Å². The summed E-state index contributed by atoms with van der Waals surface area (Å²) in [6.45, 7) is 4.51. The molecule has 0 unspecified atom stereocenters. The molecule has 0 amide bonds. The predicted molar refractivity (Wildman–Crippen MR) is 108 cm³/mol. The maximum absolute atomic E-state index is 11.9. The number of hydrogen-bond donors (Lipinski definition) is 0. The molecule has 1 heterocycles. The Hall–Kier alpha value is -2.73. The van der Waals surface area contributed by atoms with Crippen LogP contribution in [0.3, 0.4) is 0 Å². The lowest BCUT2D eigenvalue weighted by Gasteiger charge is -2.08. The summed E-state index contributed by atoms with van der Waals surface area (Å²) in [6.07, 6.45) is 4.21. The summed E-state index contributed by atoms with van der Waals surface area (Å²) in [5.74, 6) is 0.122. The van der Waals surface area contributed by atoms with Gasteiger partial charge in [-0.2, -0.15) is 5.10 Å². The summed E-state index contributed by atoms with van der Waals surface area (Å²) < 4.78 is 1.65. The smallest absolute Gasteiger partial charge is 0.318 e. The Bertz CT molecular complexity index is 907. The molecule has 2 aromatic carbocycles. The molecular formula is C20H23ClN4O2. The molecule has 3 rings (SSSR count). The number of carbonyl (C=O) groups is 1. The summed E-state index contributed by atoms with van der Waals surface area (Å²) >= 11 is 0. The Morgan fingerprint density at radius 2 is 1.96 bits per heavy atom. The number of aromatic nitrogens is 3. The second-order valence-electron chi connectivity index (χ2n) is 6.59. The lowest BCUT2D eigenvalue weighted by molar-refractivity contribution is -0.144. The van der Waals surface area contributed by atoms with E-state index >= 15 is 0 Å². The van der Waals surface area contributed by atoms with Crippen molar-refractivity contribution in [2.75, 3.05) is 0 Å². The summed E-state index contributed by atoms with van der Waals surface area (Å²) in [7, 11) is 0. The van der Waals surface area contributed by atoms with Crippen LogP contribution < -0.4 is 0 Å². The topological polar surface area (TPSA) is 69.4 Å². The van der Waals surface area contributed by atoms with Crippen LogP contribution in [0, 0.1) is 5.92 Å². The molecule has 0 saturated heterocycles. The van der Waals surface area contributed by atoms with Gasteiger partial charge in [0.1, 0.15) is 18.4 Å². The molecule has 0 spiro atoms. The Morgan fingerprint density at radius 1 is 1.19 bits per heavy atom. The molecule has 27 heavy (non-hydrogen) atoms. The van der Waals surface area contributed by atoms with Gasteiger partial charge in [-0.1, -0.05) is 55.4 Å². The highest BCUT2D eigenvalue weighted by molar-refractivity contribution is 6.03. The third-order valence-corrected chi connectivity index (χ3v) is 4.04. The average Bonchev–Trinajstić information content (AvgIpc) is 3.16. The van der Waals surface area contributed by atoms with Crippen molar-refractivity contribution in [3.63, 3.8) is 0 Å². The van der Waals surface area contributed by atoms with Crippen molar-refractivity contribution in [2.24, 2.45) is 11.1 Å². The van der Waals surface area contributed by atoms with Crippen molar-refractivity contribution in [1.29, 1.82) is 0 Å². The minimum absolute atomic E-state index is 0. The molecule has 142 valence electrons. The zero-order chi connectivity index (χ0) is 18.4. The van der Waals surface area contributed by atoms with Crippen molar-refractivity contribution in [3.8, 4) is 0 Å². The standard InChI is InChI=1S/C20H22N4O2.ClH/c1-15(2)7-10-20(25)26-23-19(12-24-14-21-13-22-24)18-9-8-16-5-3-4-6-17(16)11-18;/h3-6,8-9,11,13-15H,7,10,12H2,1-2H3;1H/b23-19+;. The normalized spacial score (nSPS) is 11.4. The fourth-order valence-electron chi connectivity index (χ4n) is 2.57. The van der Waals surface area contributed by atoms with Crippen LogP contribution >= 0.6 is 12.4 Å². The van der Waals surface area contributed by atoms with Crippen molar-refractivity contribution < 1.29 is 9.63 Å². The minimum Gasteiger partial charge on any atom is -0.318 e. The van der Waals surface area contributed by atoms with E-state index in [0.29, 0.717) is 24.6 Å². The van der Waals surface area contributed by atoms with E-state index in [1.54, 1.807) is 11.0 Å². The second-order valence-corrected chi connectivity index (χ2v) is 6.59. The molecule has 0 aliphatic carbocycles. The molecule has 0 aliphatic rings. The molecular weight excluding hydrogens is 364 g/mol. The van der Waals surface area contributed by atoms with E-state index in [1.807, 2.05) is 36.4 Å². The number of hydrogen-bond acceptors (Lipinski definition) is 5. The van der Waals surface area contributed by atoms with Crippen LogP contribution in [0.2, 0.25) is 0 Å². The Labute approximate surface area is 164 Å². The van der Waals surface area contributed by atoms with Gasteiger partial charge < -0.3 is 4.84 Å². The molecule has 0 fully saturated rings. The van der Waals surface area contributed by atoms with Gasteiger partial charge in [0.15, 0.2) is 0 Å². The van der Waals surface area contributed by atoms with Crippen molar-refractivity contribution in [1.82, 2.24) is 14.8 Å². The van der Waals surface area contributed by atoms with Crippen molar-refractivity contribution in [3.05, 3.63) is 60.7 Å². The van der Waals surface area contributed by atoms with E-state index < -0.39 is 0 Å². The average molecular weight is 387 g/mol. The molecule has 7 heteroatoms. The Morgan fingerprint density at radius 3 is 2.67 bits per heavy atom. The van der Waals surface area contributed by atoms with Gasteiger partial charge >= 0.3 is 5.97 Å². The van der Waals surface area contributed by atoms with E-state index in [9.17, 15) is 4.79 Å². The minimum atomic E-state index is -0.324. The summed E-state index contributed by atoms with van der Waals surface area (Å²) in [6, 6.07) is 14.1. The number of halogens is 1. The van der Waals surface area contributed by atoms with Gasteiger partial charge in [-0.15, -0.1) is 12.4 Å². The molecule has 0 radical (unpaired) electrons. The molecule has 6 nitrogen and oxygen atoms in total. The number of oxime groups is 1. The van der Waals surface area contributed by atoms with Crippen LogP contribution in [0.5, 0.6) is 0 Å². The molecule has 3 aromatic rings. The third-order valence-electron chi connectivity index (χ3n) is 4.04. The van der Waals surface area contributed by atoms with Gasteiger partial charge in [-0.3, -0.25) is 0 Å². The highest BCUT2D eigenvalue weighted by Gasteiger charge is 2.10. The van der Waals surface area contributed by atoms with Gasteiger partial charge in [0.25, 0.3) is 0 Å². The largest absolute Gasteiger partial charge is 0.335 e. The number of fused-ring (bicyclic) bond motifs is 1. The number of nitrogens with zero attached hydrogens (tertiary/aromatic N) is 4. The first-order valence-corrected chi connectivity index (χ1v) is 8.70. The van der Waals surface area contributed by atoms with Gasteiger partial charge in [0.2, 0.25) is 0 Å². The highest BCUT2D eigenvalue weighted by Crippen LogP contribution is 2.17. The second kappa shape index (κ2) is 9.83.